The number of thiol groups is 1. The summed E-state index contributed by atoms with van der Waals surface area (Å²) in [7, 11) is 0. The Morgan fingerprint density at radius 3 is 2.64 bits per heavy atom. The van der Waals surface area contributed by atoms with Crippen molar-refractivity contribution in [1.82, 2.24) is 19.6 Å². The third kappa shape index (κ3) is 3.37. The van der Waals surface area contributed by atoms with Gasteiger partial charge in [0.15, 0.2) is 0 Å². The highest BCUT2D eigenvalue weighted by Crippen LogP contribution is 2.26. The van der Waals surface area contributed by atoms with Gasteiger partial charge in [-0.25, -0.2) is 4.98 Å². The van der Waals surface area contributed by atoms with Crippen molar-refractivity contribution in [3.8, 4) is 17.2 Å². The predicted octanol–water partition coefficient (Wildman–Crippen LogP) is 4.49. The van der Waals surface area contributed by atoms with Crippen molar-refractivity contribution >= 4 is 18.4 Å². The lowest BCUT2D eigenvalue weighted by molar-refractivity contribution is 0.770. The van der Waals surface area contributed by atoms with E-state index in [-0.39, 0.29) is 0 Å². The molecule has 4 rings (SSSR count). The molecule has 4 aromatic rings. The molecular weight excluding hydrogens is 366 g/mol. The van der Waals surface area contributed by atoms with Gasteiger partial charge in [-0.1, -0.05) is 55.8 Å². The summed E-state index contributed by atoms with van der Waals surface area (Å²) in [5, 5.41) is 14.3. The number of nitriles is 1. The Kier molecular flexibility index (Phi) is 5.09. The van der Waals surface area contributed by atoms with Gasteiger partial charge in [-0.3, -0.25) is 0 Å². The number of hydrogen-bond donors (Lipinski definition) is 1. The van der Waals surface area contributed by atoms with E-state index in [9.17, 15) is 5.26 Å². The zero-order valence-corrected chi connectivity index (χ0v) is 16.4. The second-order valence-electron chi connectivity index (χ2n) is 6.61. The maximum atomic E-state index is 9.33. The molecule has 2 heterocycles. The lowest BCUT2D eigenvalue weighted by Gasteiger charge is -2.12. The zero-order valence-electron chi connectivity index (χ0n) is 15.5. The summed E-state index contributed by atoms with van der Waals surface area (Å²) in [6.45, 7) is 2.14. The van der Waals surface area contributed by atoms with Crippen molar-refractivity contribution in [2.45, 2.75) is 31.2 Å². The van der Waals surface area contributed by atoms with Gasteiger partial charge in [-0.2, -0.15) is 19.9 Å². The van der Waals surface area contributed by atoms with Crippen LogP contribution < -0.4 is 0 Å². The van der Waals surface area contributed by atoms with Crippen LogP contribution in [0.3, 0.4) is 0 Å². The molecule has 2 aromatic heterocycles. The van der Waals surface area contributed by atoms with Crippen LogP contribution in [0.2, 0.25) is 0 Å². The summed E-state index contributed by atoms with van der Waals surface area (Å²) in [5.74, 6) is 0.584. The average Bonchev–Trinajstić information content (AvgIpc) is 3.20. The summed E-state index contributed by atoms with van der Waals surface area (Å²) in [6, 6.07) is 18.2. The molecule has 0 fully saturated rings. The second-order valence-corrected chi connectivity index (χ2v) is 7.04. The third-order valence-electron chi connectivity index (χ3n) is 4.76. The van der Waals surface area contributed by atoms with Crippen LogP contribution in [0.1, 0.15) is 35.7 Å². The maximum Gasteiger partial charge on any atom is 0.253 e. The van der Waals surface area contributed by atoms with Gasteiger partial charge in [0.05, 0.1) is 17.3 Å². The minimum absolute atomic E-state index is 0.584. The van der Waals surface area contributed by atoms with Gasteiger partial charge in [0, 0.05) is 12.0 Å². The van der Waals surface area contributed by atoms with Crippen molar-refractivity contribution in [2.24, 2.45) is 0 Å². The Balaban J connectivity index is 1.69. The number of nitrogens with zero attached hydrogens (tertiary/aromatic N) is 5. The highest BCUT2D eigenvalue weighted by Gasteiger charge is 2.15. The van der Waals surface area contributed by atoms with E-state index in [1.165, 1.54) is 6.33 Å². The van der Waals surface area contributed by atoms with Crippen molar-refractivity contribution in [3.05, 3.63) is 77.2 Å². The molecule has 0 bridgehead atoms. The Morgan fingerprint density at radius 2 is 1.89 bits per heavy atom. The molecule has 0 spiro atoms. The summed E-state index contributed by atoms with van der Waals surface area (Å²) >= 11 is 4.71. The first kappa shape index (κ1) is 18.2. The topological polar surface area (TPSA) is 66.9 Å². The normalized spacial score (nSPS) is 10.9. The fourth-order valence-electron chi connectivity index (χ4n) is 3.37. The van der Waals surface area contributed by atoms with E-state index < -0.39 is 0 Å². The maximum absolute atomic E-state index is 9.33. The number of aryl methyl sites for hydroxylation is 1. The molecule has 2 aromatic carbocycles. The third-order valence-corrected chi connectivity index (χ3v) is 5.22. The second kappa shape index (κ2) is 7.83. The van der Waals surface area contributed by atoms with E-state index in [0.29, 0.717) is 11.3 Å². The summed E-state index contributed by atoms with van der Waals surface area (Å²) in [6.07, 6.45) is 4.10. The van der Waals surface area contributed by atoms with Crippen LogP contribution in [-0.4, -0.2) is 19.6 Å². The molecular formula is C22H19N5S. The number of fused-ring (bicyclic) bond motifs is 1. The zero-order chi connectivity index (χ0) is 19.5. The molecule has 6 heteroatoms. The number of aromatic nitrogens is 4. The van der Waals surface area contributed by atoms with E-state index in [2.05, 4.69) is 52.3 Å². The van der Waals surface area contributed by atoms with Crippen LogP contribution in [0.4, 0.5) is 0 Å². The molecule has 0 atom stereocenters. The summed E-state index contributed by atoms with van der Waals surface area (Å²) in [5.41, 5.74) is 5.92. The fourth-order valence-corrected chi connectivity index (χ4v) is 3.72. The van der Waals surface area contributed by atoms with Gasteiger partial charge in [0.2, 0.25) is 0 Å². The molecule has 5 nitrogen and oxygen atoms in total. The van der Waals surface area contributed by atoms with Crippen molar-refractivity contribution in [3.63, 3.8) is 0 Å². The first-order valence-corrected chi connectivity index (χ1v) is 9.65. The molecule has 0 radical (unpaired) electrons. The van der Waals surface area contributed by atoms with E-state index in [4.69, 9.17) is 12.6 Å². The molecule has 138 valence electrons. The Morgan fingerprint density at radius 1 is 1.11 bits per heavy atom. The highest BCUT2D eigenvalue weighted by atomic mass is 32.1. The van der Waals surface area contributed by atoms with E-state index in [1.807, 2.05) is 24.3 Å². The molecule has 0 saturated heterocycles. The number of hydrogen-bond acceptors (Lipinski definition) is 5. The highest BCUT2D eigenvalue weighted by molar-refractivity contribution is 7.80. The minimum atomic E-state index is 0.584. The van der Waals surface area contributed by atoms with E-state index in [1.54, 1.807) is 4.52 Å². The molecule has 0 amide bonds. The van der Waals surface area contributed by atoms with Crippen molar-refractivity contribution < 1.29 is 0 Å². The lowest BCUT2D eigenvalue weighted by atomic mass is 9.97. The van der Waals surface area contributed by atoms with Crippen LogP contribution in [0, 0.1) is 11.3 Å². The van der Waals surface area contributed by atoms with Crippen molar-refractivity contribution in [1.29, 1.82) is 5.26 Å². The largest absolute Gasteiger partial charge is 0.253 e. The van der Waals surface area contributed by atoms with Gasteiger partial charge in [0.1, 0.15) is 11.4 Å². The molecule has 0 N–H and O–H groups in total. The first-order chi connectivity index (χ1) is 13.7. The number of benzene rings is 2. The van der Waals surface area contributed by atoms with E-state index >= 15 is 0 Å². The lowest BCUT2D eigenvalue weighted by Crippen LogP contribution is -2.07. The summed E-state index contributed by atoms with van der Waals surface area (Å²) < 4.78 is 1.68. The standard InChI is InChI=1S/C22H19N5S/c1-2-5-20-19(21(28)27-22(26-20)24-14-25-27)12-15-8-10-16(11-9-15)18-7-4-3-6-17(18)13-23/h3-4,6-11,14,28H,2,5,12H2,1H3. The summed E-state index contributed by atoms with van der Waals surface area (Å²) in [4.78, 5) is 8.87. The van der Waals surface area contributed by atoms with Crippen LogP contribution in [-0.2, 0) is 12.8 Å². The smallest absolute Gasteiger partial charge is 0.216 e. The van der Waals surface area contributed by atoms with Gasteiger partial charge < -0.3 is 0 Å². The molecule has 0 aliphatic heterocycles. The number of rotatable bonds is 5. The Hall–Kier alpha value is -3.17. The van der Waals surface area contributed by atoms with Crippen LogP contribution >= 0.6 is 12.6 Å². The molecule has 0 saturated carbocycles. The fraction of sp³-hybridized carbons (Fsp3) is 0.182. The van der Waals surface area contributed by atoms with Crippen LogP contribution in [0.15, 0.2) is 59.9 Å². The Bertz CT molecular complexity index is 1170. The average molecular weight is 385 g/mol. The molecule has 0 unspecified atom stereocenters. The van der Waals surface area contributed by atoms with Crippen LogP contribution in [0.5, 0.6) is 0 Å². The monoisotopic (exact) mass is 385 g/mol. The molecule has 0 aliphatic carbocycles. The van der Waals surface area contributed by atoms with Gasteiger partial charge in [-0.15, -0.1) is 12.6 Å². The van der Waals surface area contributed by atoms with Gasteiger partial charge in [-0.05, 0) is 29.2 Å². The van der Waals surface area contributed by atoms with Gasteiger partial charge >= 0.3 is 0 Å². The molecule has 0 aliphatic rings. The van der Waals surface area contributed by atoms with E-state index in [0.717, 1.165) is 52.2 Å². The first-order valence-electron chi connectivity index (χ1n) is 9.20. The van der Waals surface area contributed by atoms with Crippen LogP contribution in [0.25, 0.3) is 16.9 Å². The molecule has 28 heavy (non-hydrogen) atoms. The Labute approximate surface area is 169 Å². The van der Waals surface area contributed by atoms with Gasteiger partial charge in [0.25, 0.3) is 5.78 Å². The predicted molar refractivity (Wildman–Crippen MR) is 111 cm³/mol. The van der Waals surface area contributed by atoms with Crippen molar-refractivity contribution in [2.75, 3.05) is 0 Å². The SMILES string of the molecule is CCCc1nc2ncnn2c(S)c1Cc1ccc(-c2ccccc2C#N)cc1. The minimum Gasteiger partial charge on any atom is -0.216 e. The quantitative estimate of drug-likeness (QED) is 0.406.